The minimum atomic E-state index is -0.0732. The molecule has 2 aromatic carbocycles. The van der Waals surface area contributed by atoms with E-state index < -0.39 is 0 Å². The lowest BCUT2D eigenvalue weighted by molar-refractivity contribution is 0.0962. The van der Waals surface area contributed by atoms with Crippen LogP contribution in [0.2, 0.25) is 5.02 Å². The van der Waals surface area contributed by atoms with E-state index in [2.05, 4.69) is 74.2 Å². The summed E-state index contributed by atoms with van der Waals surface area (Å²) in [6.45, 7) is 19.6. The molecule has 0 spiro atoms. The van der Waals surface area contributed by atoms with Crippen molar-refractivity contribution in [2.75, 3.05) is 34.7 Å². The normalized spacial score (nSPS) is 8.89. The van der Waals surface area contributed by atoms with Gasteiger partial charge in [0.2, 0.25) is 0 Å². The Hall–Kier alpha value is -2.30. The van der Waals surface area contributed by atoms with Crippen molar-refractivity contribution < 1.29 is 4.79 Å². The van der Waals surface area contributed by atoms with Gasteiger partial charge in [-0.1, -0.05) is 103 Å². The number of halogens is 1. The maximum Gasteiger partial charge on any atom is 0.251 e. The van der Waals surface area contributed by atoms with Gasteiger partial charge in [0.1, 0.15) is 0 Å². The van der Waals surface area contributed by atoms with Gasteiger partial charge in [-0.15, -0.1) is 0 Å². The minimum absolute atomic E-state index is 0.0732. The van der Waals surface area contributed by atoms with Crippen LogP contribution in [0, 0.1) is 0 Å². The van der Waals surface area contributed by atoms with Crippen LogP contribution in [-0.2, 0) is 12.8 Å². The Balaban J connectivity index is -0.000000485. The van der Waals surface area contributed by atoms with Crippen LogP contribution in [0.15, 0.2) is 49.0 Å². The second-order valence-corrected chi connectivity index (χ2v) is 7.99. The zero-order valence-electron chi connectivity index (χ0n) is 25.0. The van der Waals surface area contributed by atoms with E-state index in [-0.39, 0.29) is 5.91 Å². The molecule has 0 saturated heterocycles. The second kappa shape index (κ2) is 25.8. The van der Waals surface area contributed by atoms with Crippen LogP contribution in [0.5, 0.6) is 0 Å². The first kappa shape index (κ1) is 38.2. The molecule has 0 aromatic heterocycles. The number of aryl methyl sites for hydroxylation is 2. The molecule has 2 aromatic rings. The van der Waals surface area contributed by atoms with Gasteiger partial charge in [0.25, 0.3) is 5.91 Å². The van der Waals surface area contributed by atoms with Crippen molar-refractivity contribution in [1.29, 1.82) is 0 Å². The summed E-state index contributed by atoms with van der Waals surface area (Å²) >= 11 is 5.84. The highest BCUT2D eigenvalue weighted by Crippen LogP contribution is 2.18. The van der Waals surface area contributed by atoms with E-state index in [1.165, 1.54) is 11.1 Å². The molecule has 0 atom stereocenters. The highest BCUT2D eigenvalue weighted by molar-refractivity contribution is 6.31. The summed E-state index contributed by atoms with van der Waals surface area (Å²) in [6.07, 6.45) is 4.17. The number of nitrogens with zero attached hydrogens (tertiary/aromatic N) is 1. The van der Waals surface area contributed by atoms with Gasteiger partial charge in [0.05, 0.1) is 0 Å². The van der Waals surface area contributed by atoms with E-state index in [1.807, 2.05) is 53.9 Å². The summed E-state index contributed by atoms with van der Waals surface area (Å²) in [7, 11) is 7.47. The molecule has 2 N–H and O–H groups in total. The molecular formula is C31H54ClN3O. The van der Waals surface area contributed by atoms with E-state index in [9.17, 15) is 4.79 Å². The smallest absolute Gasteiger partial charge is 0.251 e. The first-order chi connectivity index (χ1) is 17.3. The molecule has 0 aliphatic carbocycles. The first-order valence-corrected chi connectivity index (χ1v) is 13.7. The number of rotatable bonds is 8. The molecule has 0 saturated carbocycles. The van der Waals surface area contributed by atoms with Crippen molar-refractivity contribution in [1.82, 2.24) is 15.5 Å². The van der Waals surface area contributed by atoms with Gasteiger partial charge in [-0.3, -0.25) is 4.79 Å². The Kier molecular flexibility index (Phi) is 27.4. The quantitative estimate of drug-likeness (QED) is 0.370. The molecule has 5 heteroatoms. The van der Waals surface area contributed by atoms with Gasteiger partial charge in [-0.2, -0.15) is 0 Å². The molecule has 0 heterocycles. The number of nitrogens with one attached hydrogen (secondary N) is 2. The summed E-state index contributed by atoms with van der Waals surface area (Å²) in [6, 6.07) is 14.1. The molecule has 1 amide bonds. The van der Waals surface area contributed by atoms with Gasteiger partial charge < -0.3 is 15.5 Å². The van der Waals surface area contributed by atoms with E-state index in [0.717, 1.165) is 43.5 Å². The van der Waals surface area contributed by atoms with E-state index in [1.54, 1.807) is 13.1 Å². The van der Waals surface area contributed by atoms with E-state index in [4.69, 9.17) is 11.6 Å². The largest absolute Gasteiger partial charge is 0.375 e. The number of benzene rings is 2. The second-order valence-electron chi connectivity index (χ2n) is 7.55. The van der Waals surface area contributed by atoms with E-state index in [0.29, 0.717) is 10.6 Å². The molecule has 4 nitrogen and oxygen atoms in total. The number of carbonyl (C=O) groups is 1. The molecule has 0 unspecified atom stereocenters. The monoisotopic (exact) mass is 519 g/mol. The van der Waals surface area contributed by atoms with Gasteiger partial charge in [0, 0.05) is 36.9 Å². The zero-order chi connectivity index (χ0) is 28.5. The molecule has 0 aliphatic rings. The summed E-state index contributed by atoms with van der Waals surface area (Å²) in [5.74, 6) is -0.0732. The molecule has 0 radical (unpaired) electrons. The molecule has 2 rings (SSSR count). The number of carbonyl (C=O) groups excluding carboxylic acids is 1. The van der Waals surface area contributed by atoms with Crippen molar-refractivity contribution in [3.05, 3.63) is 76.3 Å². The zero-order valence-corrected chi connectivity index (χ0v) is 25.8. The fourth-order valence-electron chi connectivity index (χ4n) is 3.01. The predicted molar refractivity (Wildman–Crippen MR) is 164 cm³/mol. The van der Waals surface area contributed by atoms with Crippen molar-refractivity contribution in [2.45, 2.75) is 74.1 Å². The maximum absolute atomic E-state index is 11.5. The summed E-state index contributed by atoms with van der Waals surface area (Å²) < 4.78 is 0. The third-order valence-electron chi connectivity index (χ3n) is 4.78. The topological polar surface area (TPSA) is 44.4 Å². The lowest BCUT2D eigenvalue weighted by Gasteiger charge is -2.21. The van der Waals surface area contributed by atoms with Crippen LogP contribution in [0.3, 0.4) is 0 Å². The Morgan fingerprint density at radius 3 is 1.86 bits per heavy atom. The Morgan fingerprint density at radius 1 is 0.917 bits per heavy atom. The molecule has 36 heavy (non-hydrogen) atoms. The van der Waals surface area contributed by atoms with Crippen LogP contribution in [0.25, 0.3) is 5.70 Å². The average molecular weight is 520 g/mol. The first-order valence-electron chi connectivity index (χ1n) is 13.4. The van der Waals surface area contributed by atoms with Crippen LogP contribution in [0.4, 0.5) is 0 Å². The Labute approximate surface area is 228 Å². The van der Waals surface area contributed by atoms with E-state index >= 15 is 0 Å². The van der Waals surface area contributed by atoms with Crippen molar-refractivity contribution in [3.8, 4) is 0 Å². The standard InChI is InChI=1S/C14H21N.C11H14ClNO.C2H7N.2C2H6/c1-5-11-15(4)12(3)14-9-7-13(6-2)8-10-14;1-3-4-8-5-6-9(12)7-10(8)11(14)13-2;1-3-2;2*1-2/h7-10H,3,5-6,11H2,1-2,4H3;5-7H,3-4H2,1-2H3,(H,13,14);3H,1-2H3;2*1-2H3. The molecule has 206 valence electrons. The number of hydrogen-bond donors (Lipinski definition) is 2. The maximum atomic E-state index is 11.5. The van der Waals surface area contributed by atoms with Crippen LogP contribution >= 0.6 is 11.6 Å². The molecule has 0 fully saturated rings. The van der Waals surface area contributed by atoms with Gasteiger partial charge >= 0.3 is 0 Å². The van der Waals surface area contributed by atoms with Gasteiger partial charge in [0.15, 0.2) is 0 Å². The van der Waals surface area contributed by atoms with Crippen LogP contribution in [-0.4, -0.2) is 45.5 Å². The molecular weight excluding hydrogens is 466 g/mol. The number of hydrogen-bond acceptors (Lipinski definition) is 3. The Bertz CT molecular complexity index is 804. The SMILES string of the molecule is C=C(c1ccc(CC)cc1)N(C)CCC.CC.CC.CCCc1ccc(Cl)cc1C(=O)NC.CNC. The third-order valence-corrected chi connectivity index (χ3v) is 5.01. The summed E-state index contributed by atoms with van der Waals surface area (Å²) in [5.41, 5.74) is 5.45. The highest BCUT2D eigenvalue weighted by atomic mass is 35.5. The third kappa shape index (κ3) is 16.4. The fourth-order valence-corrected chi connectivity index (χ4v) is 3.18. The van der Waals surface area contributed by atoms with Gasteiger partial charge in [-0.25, -0.2) is 0 Å². The van der Waals surface area contributed by atoms with Crippen LogP contribution in [0.1, 0.15) is 88.4 Å². The van der Waals surface area contributed by atoms with Crippen molar-refractivity contribution in [3.63, 3.8) is 0 Å². The summed E-state index contributed by atoms with van der Waals surface area (Å²) in [4.78, 5) is 13.7. The lowest BCUT2D eigenvalue weighted by Crippen LogP contribution is -2.19. The number of amides is 1. The minimum Gasteiger partial charge on any atom is -0.375 e. The Morgan fingerprint density at radius 2 is 1.44 bits per heavy atom. The fraction of sp³-hybridized carbons (Fsp3) is 0.516. The highest BCUT2D eigenvalue weighted by Gasteiger charge is 2.09. The van der Waals surface area contributed by atoms with Crippen LogP contribution < -0.4 is 10.6 Å². The molecule has 0 aliphatic heterocycles. The van der Waals surface area contributed by atoms with Gasteiger partial charge in [-0.05, 0) is 62.2 Å². The predicted octanol–water partition coefficient (Wildman–Crippen LogP) is 8.10. The summed E-state index contributed by atoms with van der Waals surface area (Å²) in [5, 5.41) is 5.96. The lowest BCUT2D eigenvalue weighted by atomic mass is 10.0. The molecule has 0 bridgehead atoms. The van der Waals surface area contributed by atoms with Crippen molar-refractivity contribution in [2.24, 2.45) is 0 Å². The average Bonchev–Trinajstić information content (AvgIpc) is 2.92. The van der Waals surface area contributed by atoms with Crippen molar-refractivity contribution >= 4 is 23.2 Å².